The minimum absolute atomic E-state index is 0.118. The monoisotopic (exact) mass is 314 g/mol. The fourth-order valence-electron chi connectivity index (χ4n) is 3.74. The molecule has 1 aromatic carbocycles. The first-order valence-electron chi connectivity index (χ1n) is 7.91. The number of benzene rings is 1. The molecule has 5 nitrogen and oxygen atoms in total. The number of fused-ring (bicyclic) bond motifs is 3. The van der Waals surface area contributed by atoms with Gasteiger partial charge in [0.25, 0.3) is 0 Å². The van der Waals surface area contributed by atoms with E-state index in [1.165, 1.54) is 0 Å². The molecular weight excluding hydrogens is 292 g/mol. The normalized spacial score (nSPS) is 29.1. The number of nitriles is 1. The first-order chi connectivity index (χ1) is 10.8. The van der Waals surface area contributed by atoms with Crippen LogP contribution in [0.5, 0.6) is 5.75 Å². The van der Waals surface area contributed by atoms with Crippen molar-refractivity contribution in [3.05, 3.63) is 29.3 Å². The molecule has 1 aromatic rings. The van der Waals surface area contributed by atoms with E-state index in [0.717, 1.165) is 11.3 Å². The third kappa shape index (κ3) is 2.38. The fraction of sp³-hybridized carbons (Fsp3) is 0.556. The second kappa shape index (κ2) is 5.24. The van der Waals surface area contributed by atoms with Crippen LogP contribution < -0.4 is 4.74 Å². The number of morpholine rings is 1. The number of hydrogen-bond donors (Lipinski definition) is 0. The molecule has 0 radical (unpaired) electrons. The van der Waals surface area contributed by atoms with Gasteiger partial charge in [0, 0.05) is 5.56 Å². The summed E-state index contributed by atoms with van der Waals surface area (Å²) in [6.07, 6.45) is -0.406. The van der Waals surface area contributed by atoms with Gasteiger partial charge >= 0.3 is 5.97 Å². The molecule has 0 spiro atoms. The standard InChI is InChI=1S/C18H22N2O3/c1-10(2)14-17(21)22-16-15(20(14)5)12-8-11(9-19)6-7-13(12)23-18(16,3)4/h6-8,10,14-16H,1-5H3/t14-,15+,16-/m1/s1. The Kier molecular flexibility index (Phi) is 3.61. The van der Waals surface area contributed by atoms with Gasteiger partial charge in [-0.15, -0.1) is 0 Å². The predicted octanol–water partition coefficient (Wildman–Crippen LogP) is 2.65. The minimum Gasteiger partial charge on any atom is -0.484 e. The lowest BCUT2D eigenvalue weighted by Gasteiger charge is -2.52. The van der Waals surface area contributed by atoms with E-state index in [2.05, 4.69) is 11.0 Å². The van der Waals surface area contributed by atoms with Gasteiger partial charge in [0.2, 0.25) is 0 Å². The van der Waals surface area contributed by atoms with E-state index in [0.29, 0.717) is 5.56 Å². The van der Waals surface area contributed by atoms with Gasteiger partial charge in [-0.3, -0.25) is 9.69 Å². The number of nitrogens with zero attached hydrogens (tertiary/aromatic N) is 2. The zero-order chi connectivity index (χ0) is 16.9. The number of carbonyl (C=O) groups excluding carboxylic acids is 1. The molecule has 1 fully saturated rings. The van der Waals surface area contributed by atoms with Gasteiger partial charge in [0.05, 0.1) is 17.7 Å². The van der Waals surface area contributed by atoms with Crippen molar-refractivity contribution >= 4 is 5.97 Å². The molecule has 0 saturated carbocycles. The van der Waals surface area contributed by atoms with E-state index in [4.69, 9.17) is 9.47 Å². The molecule has 0 unspecified atom stereocenters. The molecule has 2 aliphatic heterocycles. The van der Waals surface area contributed by atoms with E-state index >= 15 is 0 Å². The van der Waals surface area contributed by atoms with Crippen LogP contribution in [0.25, 0.3) is 0 Å². The Morgan fingerprint density at radius 1 is 1.35 bits per heavy atom. The molecule has 3 rings (SSSR count). The minimum atomic E-state index is -0.627. The molecule has 23 heavy (non-hydrogen) atoms. The summed E-state index contributed by atoms with van der Waals surface area (Å²) in [6, 6.07) is 7.18. The molecule has 0 N–H and O–H groups in total. The molecule has 0 aromatic heterocycles. The molecule has 0 bridgehead atoms. The topological polar surface area (TPSA) is 62.6 Å². The van der Waals surface area contributed by atoms with Crippen LogP contribution in [-0.4, -0.2) is 35.7 Å². The number of likely N-dealkylation sites (N-methyl/N-ethyl adjacent to an activating group) is 1. The average Bonchev–Trinajstić information content (AvgIpc) is 2.46. The Hall–Kier alpha value is -2.06. The third-order valence-electron chi connectivity index (χ3n) is 4.80. The number of carbonyl (C=O) groups is 1. The van der Waals surface area contributed by atoms with E-state index in [1.807, 2.05) is 46.9 Å². The first kappa shape index (κ1) is 15.8. The van der Waals surface area contributed by atoms with Crippen molar-refractivity contribution in [3.8, 4) is 11.8 Å². The number of rotatable bonds is 1. The Morgan fingerprint density at radius 2 is 2.04 bits per heavy atom. The van der Waals surface area contributed by atoms with Crippen LogP contribution in [0, 0.1) is 17.2 Å². The van der Waals surface area contributed by atoms with Gasteiger partial charge in [0.1, 0.15) is 17.4 Å². The van der Waals surface area contributed by atoms with Gasteiger partial charge in [0.15, 0.2) is 6.10 Å². The maximum Gasteiger partial charge on any atom is 0.324 e. The lowest BCUT2D eigenvalue weighted by atomic mass is 9.82. The van der Waals surface area contributed by atoms with Crippen LogP contribution in [-0.2, 0) is 9.53 Å². The Morgan fingerprint density at radius 3 is 2.65 bits per heavy atom. The summed E-state index contributed by atoms with van der Waals surface area (Å²) in [5.41, 5.74) is 0.865. The predicted molar refractivity (Wildman–Crippen MR) is 84.9 cm³/mol. The van der Waals surface area contributed by atoms with Gasteiger partial charge in [-0.25, -0.2) is 0 Å². The molecule has 122 valence electrons. The average molecular weight is 314 g/mol. The molecule has 5 heteroatoms. The summed E-state index contributed by atoms with van der Waals surface area (Å²) >= 11 is 0. The van der Waals surface area contributed by atoms with Crippen LogP contribution in [0.4, 0.5) is 0 Å². The highest BCUT2D eigenvalue weighted by Gasteiger charge is 2.54. The van der Waals surface area contributed by atoms with Crippen molar-refractivity contribution < 1.29 is 14.3 Å². The largest absolute Gasteiger partial charge is 0.484 e. The molecule has 2 heterocycles. The summed E-state index contributed by atoms with van der Waals surface area (Å²) in [6.45, 7) is 7.89. The second-order valence-electron chi connectivity index (χ2n) is 7.23. The maximum atomic E-state index is 12.5. The van der Waals surface area contributed by atoms with Crippen molar-refractivity contribution in [2.24, 2.45) is 5.92 Å². The quantitative estimate of drug-likeness (QED) is 0.746. The van der Waals surface area contributed by atoms with Crippen LogP contribution >= 0.6 is 0 Å². The zero-order valence-corrected chi connectivity index (χ0v) is 14.2. The van der Waals surface area contributed by atoms with Gasteiger partial charge in [-0.1, -0.05) is 13.8 Å². The Balaban J connectivity index is 2.14. The SMILES string of the molecule is CC(C)[C@@H]1C(=O)O[C@@H]2[C@H](c3cc(C#N)ccc3OC2(C)C)N1C. The van der Waals surface area contributed by atoms with Gasteiger partial charge in [-0.2, -0.15) is 5.26 Å². The van der Waals surface area contributed by atoms with Gasteiger partial charge < -0.3 is 9.47 Å². The van der Waals surface area contributed by atoms with Crippen molar-refractivity contribution in [1.29, 1.82) is 5.26 Å². The van der Waals surface area contributed by atoms with Crippen molar-refractivity contribution in [3.63, 3.8) is 0 Å². The van der Waals surface area contributed by atoms with Crippen molar-refractivity contribution in [2.75, 3.05) is 7.05 Å². The smallest absolute Gasteiger partial charge is 0.324 e. The maximum absolute atomic E-state index is 12.5. The van der Waals surface area contributed by atoms with Crippen LogP contribution in [0.2, 0.25) is 0 Å². The lowest BCUT2D eigenvalue weighted by molar-refractivity contribution is -0.199. The molecule has 2 aliphatic rings. The third-order valence-corrected chi connectivity index (χ3v) is 4.80. The lowest BCUT2D eigenvalue weighted by Crippen LogP contribution is -2.63. The molecule has 0 aliphatic carbocycles. The second-order valence-corrected chi connectivity index (χ2v) is 7.23. The van der Waals surface area contributed by atoms with Crippen LogP contribution in [0.3, 0.4) is 0 Å². The van der Waals surface area contributed by atoms with E-state index in [9.17, 15) is 10.1 Å². The Labute approximate surface area is 136 Å². The fourth-order valence-corrected chi connectivity index (χ4v) is 3.74. The van der Waals surface area contributed by atoms with Crippen LogP contribution in [0.1, 0.15) is 44.9 Å². The van der Waals surface area contributed by atoms with E-state index in [-0.39, 0.29) is 24.0 Å². The molecule has 1 saturated heterocycles. The summed E-state index contributed by atoms with van der Waals surface area (Å²) in [5.74, 6) is 0.685. The molecule has 3 atom stereocenters. The van der Waals surface area contributed by atoms with Gasteiger partial charge in [-0.05, 0) is 45.0 Å². The molecule has 0 amide bonds. The number of hydrogen-bond acceptors (Lipinski definition) is 5. The van der Waals surface area contributed by atoms with Crippen molar-refractivity contribution in [2.45, 2.75) is 51.5 Å². The van der Waals surface area contributed by atoms with Crippen LogP contribution in [0.15, 0.2) is 18.2 Å². The Bertz CT molecular complexity index is 690. The summed E-state index contributed by atoms with van der Waals surface area (Å²) in [4.78, 5) is 14.5. The highest BCUT2D eigenvalue weighted by Crippen LogP contribution is 2.47. The number of ether oxygens (including phenoxy) is 2. The number of esters is 1. The van der Waals surface area contributed by atoms with Crippen molar-refractivity contribution in [1.82, 2.24) is 4.90 Å². The summed E-state index contributed by atoms with van der Waals surface area (Å²) in [7, 11) is 1.95. The van der Waals surface area contributed by atoms with E-state index < -0.39 is 11.7 Å². The molecular formula is C18H22N2O3. The highest BCUT2D eigenvalue weighted by atomic mass is 16.6. The first-order valence-corrected chi connectivity index (χ1v) is 7.91. The van der Waals surface area contributed by atoms with E-state index in [1.54, 1.807) is 6.07 Å². The highest BCUT2D eigenvalue weighted by molar-refractivity contribution is 5.77. The zero-order valence-electron chi connectivity index (χ0n) is 14.2. The summed E-state index contributed by atoms with van der Waals surface area (Å²) < 4.78 is 11.9. The summed E-state index contributed by atoms with van der Waals surface area (Å²) in [5, 5.41) is 9.20.